The first-order chi connectivity index (χ1) is 9.86. The maximum Gasteiger partial charge on any atom is 0.251 e. The van der Waals surface area contributed by atoms with E-state index in [9.17, 15) is 14.7 Å². The monoisotopic (exact) mass is 349 g/mol. The number of nitrogens with one attached hydrogen (secondary N) is 1. The minimum absolute atomic E-state index is 0.0612. The lowest BCUT2D eigenvalue weighted by Gasteiger charge is -2.23. The summed E-state index contributed by atoms with van der Waals surface area (Å²) in [6, 6.07) is 5.29. The molecular weight excluding hydrogens is 334 g/mol. The molecule has 0 heterocycles. The van der Waals surface area contributed by atoms with Gasteiger partial charge >= 0.3 is 0 Å². The summed E-state index contributed by atoms with van der Waals surface area (Å²) < 4.78 is 0.169. The van der Waals surface area contributed by atoms with Crippen molar-refractivity contribution in [2.75, 3.05) is 7.05 Å². The zero-order valence-corrected chi connectivity index (χ0v) is 13.6. The van der Waals surface area contributed by atoms with Gasteiger partial charge in [-0.2, -0.15) is 0 Å². The van der Waals surface area contributed by atoms with Crippen LogP contribution in [0, 0.1) is 6.92 Å². The molecule has 0 saturated heterocycles. The quantitative estimate of drug-likeness (QED) is 0.861. The van der Waals surface area contributed by atoms with Crippen molar-refractivity contribution in [2.45, 2.75) is 19.8 Å². The Morgan fingerprint density at radius 2 is 2.00 bits per heavy atom. The highest BCUT2D eigenvalue weighted by Gasteiger charge is 2.31. The molecule has 1 aromatic rings. The lowest BCUT2D eigenvalue weighted by Crippen LogP contribution is -2.22. The van der Waals surface area contributed by atoms with Crippen molar-refractivity contribution in [1.82, 2.24) is 5.32 Å². The number of hydrogen-bond acceptors (Lipinski definition) is 3. The molecule has 1 atom stereocenters. The second-order valence-electron chi connectivity index (χ2n) is 5.04. The van der Waals surface area contributed by atoms with Crippen molar-refractivity contribution in [3.63, 3.8) is 0 Å². The van der Waals surface area contributed by atoms with Crippen LogP contribution in [0.3, 0.4) is 0 Å². The standard InChI is InChI=1S/C16H16BrNO3/c1-8-4-5-10(16(21)18-3)7-11(8)13-9(2)6-12(19)14(17)15(13)20/h4-7,13,19H,1-3H3,(H,18,21). The van der Waals surface area contributed by atoms with Gasteiger partial charge in [-0.25, -0.2) is 0 Å². The lowest BCUT2D eigenvalue weighted by atomic mass is 9.82. The Hall–Kier alpha value is -1.88. The largest absolute Gasteiger partial charge is 0.507 e. The van der Waals surface area contributed by atoms with Gasteiger partial charge < -0.3 is 10.4 Å². The van der Waals surface area contributed by atoms with Gasteiger partial charge in [0.1, 0.15) is 10.2 Å². The minimum Gasteiger partial charge on any atom is -0.507 e. The minimum atomic E-state index is -0.486. The zero-order chi connectivity index (χ0) is 15.7. The molecule has 1 amide bonds. The molecule has 2 rings (SSSR count). The summed E-state index contributed by atoms with van der Waals surface area (Å²) in [5.74, 6) is -0.947. The molecule has 0 spiro atoms. The number of aryl methyl sites for hydroxylation is 1. The first kappa shape index (κ1) is 15.5. The van der Waals surface area contributed by atoms with E-state index in [0.29, 0.717) is 5.56 Å². The van der Waals surface area contributed by atoms with E-state index in [2.05, 4.69) is 21.2 Å². The van der Waals surface area contributed by atoms with Gasteiger partial charge in [-0.15, -0.1) is 0 Å². The van der Waals surface area contributed by atoms with Crippen LogP contribution in [-0.2, 0) is 4.79 Å². The third kappa shape index (κ3) is 2.78. The summed E-state index contributed by atoms with van der Waals surface area (Å²) in [5.41, 5.74) is 2.96. The maximum atomic E-state index is 12.4. The van der Waals surface area contributed by atoms with E-state index in [1.807, 2.05) is 13.0 Å². The van der Waals surface area contributed by atoms with E-state index < -0.39 is 5.92 Å². The molecule has 21 heavy (non-hydrogen) atoms. The summed E-state index contributed by atoms with van der Waals surface area (Å²) in [5, 5.41) is 12.3. The van der Waals surface area contributed by atoms with E-state index in [0.717, 1.165) is 16.7 Å². The van der Waals surface area contributed by atoms with Gasteiger partial charge in [0.25, 0.3) is 5.91 Å². The number of carbonyl (C=O) groups excluding carboxylic acids is 2. The van der Waals surface area contributed by atoms with Crippen LogP contribution in [0.2, 0.25) is 0 Å². The number of Topliss-reactive ketones (excluding diaryl/α,β-unsaturated/α-hetero) is 1. The van der Waals surface area contributed by atoms with Crippen LogP contribution in [-0.4, -0.2) is 23.8 Å². The predicted molar refractivity (Wildman–Crippen MR) is 84.7 cm³/mol. The summed E-state index contributed by atoms with van der Waals surface area (Å²) in [4.78, 5) is 24.2. The molecule has 0 fully saturated rings. The SMILES string of the molecule is CNC(=O)c1ccc(C)c(C2C(=O)C(Br)=C(O)C=C2C)c1. The van der Waals surface area contributed by atoms with Gasteiger partial charge in [-0.1, -0.05) is 11.6 Å². The molecule has 0 aromatic heterocycles. The number of hydrogen-bond donors (Lipinski definition) is 2. The fourth-order valence-corrected chi connectivity index (χ4v) is 2.79. The zero-order valence-electron chi connectivity index (χ0n) is 12.0. The Morgan fingerprint density at radius 1 is 1.33 bits per heavy atom. The maximum absolute atomic E-state index is 12.4. The number of aliphatic hydroxyl groups excluding tert-OH is 1. The topological polar surface area (TPSA) is 66.4 Å². The first-order valence-corrected chi connectivity index (χ1v) is 7.30. The van der Waals surface area contributed by atoms with Crippen molar-refractivity contribution in [2.24, 2.45) is 0 Å². The van der Waals surface area contributed by atoms with Crippen LogP contribution in [0.1, 0.15) is 34.3 Å². The van der Waals surface area contributed by atoms with Crippen LogP contribution in [0.25, 0.3) is 0 Å². The number of halogens is 1. The van der Waals surface area contributed by atoms with Crippen LogP contribution in [0.5, 0.6) is 0 Å². The average Bonchev–Trinajstić information content (AvgIpc) is 2.46. The van der Waals surface area contributed by atoms with E-state index in [1.165, 1.54) is 0 Å². The Labute approximate surface area is 131 Å². The molecular formula is C16H16BrNO3. The van der Waals surface area contributed by atoms with Gasteiger partial charge in [-0.05, 0) is 59.1 Å². The molecule has 1 aliphatic rings. The number of benzene rings is 1. The Bertz CT molecular complexity index is 687. The van der Waals surface area contributed by atoms with E-state index in [-0.39, 0.29) is 21.9 Å². The fourth-order valence-electron chi connectivity index (χ4n) is 2.45. The second kappa shape index (κ2) is 5.85. The van der Waals surface area contributed by atoms with E-state index in [1.54, 1.807) is 32.2 Å². The number of rotatable bonds is 2. The summed E-state index contributed by atoms with van der Waals surface area (Å²) in [7, 11) is 1.57. The van der Waals surface area contributed by atoms with Gasteiger partial charge in [0.15, 0.2) is 5.78 Å². The summed E-state index contributed by atoms with van der Waals surface area (Å²) >= 11 is 3.13. The average molecular weight is 350 g/mol. The van der Waals surface area contributed by atoms with Crippen LogP contribution in [0.15, 0.2) is 40.1 Å². The van der Waals surface area contributed by atoms with Gasteiger partial charge in [-0.3, -0.25) is 9.59 Å². The van der Waals surface area contributed by atoms with Crippen molar-refractivity contribution in [1.29, 1.82) is 0 Å². The highest BCUT2D eigenvalue weighted by atomic mass is 79.9. The number of carbonyl (C=O) groups is 2. The molecule has 0 bridgehead atoms. The van der Waals surface area contributed by atoms with Crippen molar-refractivity contribution in [3.05, 3.63) is 56.8 Å². The smallest absolute Gasteiger partial charge is 0.251 e. The van der Waals surface area contributed by atoms with Crippen LogP contribution in [0.4, 0.5) is 0 Å². The van der Waals surface area contributed by atoms with Gasteiger partial charge in [0.05, 0.1) is 5.92 Å². The van der Waals surface area contributed by atoms with Crippen molar-refractivity contribution >= 4 is 27.6 Å². The lowest BCUT2D eigenvalue weighted by molar-refractivity contribution is -0.115. The molecule has 0 saturated carbocycles. The number of amides is 1. The van der Waals surface area contributed by atoms with Gasteiger partial charge in [0.2, 0.25) is 0 Å². The van der Waals surface area contributed by atoms with Gasteiger partial charge in [0, 0.05) is 12.6 Å². The van der Waals surface area contributed by atoms with Crippen molar-refractivity contribution < 1.29 is 14.7 Å². The molecule has 2 N–H and O–H groups in total. The van der Waals surface area contributed by atoms with Crippen LogP contribution < -0.4 is 5.32 Å². The van der Waals surface area contributed by atoms with Crippen molar-refractivity contribution in [3.8, 4) is 0 Å². The van der Waals surface area contributed by atoms with Crippen LogP contribution >= 0.6 is 15.9 Å². The highest BCUT2D eigenvalue weighted by molar-refractivity contribution is 9.12. The Kier molecular flexibility index (Phi) is 4.32. The molecule has 4 nitrogen and oxygen atoms in total. The fraction of sp³-hybridized carbons (Fsp3) is 0.250. The Balaban J connectivity index is 2.54. The predicted octanol–water partition coefficient (Wildman–Crippen LogP) is 3.13. The first-order valence-electron chi connectivity index (χ1n) is 6.50. The highest BCUT2D eigenvalue weighted by Crippen LogP contribution is 2.37. The molecule has 5 heteroatoms. The summed E-state index contributed by atoms with van der Waals surface area (Å²) in [6.45, 7) is 3.69. The number of ketones is 1. The molecule has 110 valence electrons. The molecule has 0 aliphatic heterocycles. The molecule has 1 aliphatic carbocycles. The molecule has 1 unspecified atom stereocenters. The third-order valence-corrected chi connectivity index (χ3v) is 4.40. The van der Waals surface area contributed by atoms with E-state index >= 15 is 0 Å². The normalized spacial score (nSPS) is 18.6. The molecule has 0 radical (unpaired) electrons. The second-order valence-corrected chi connectivity index (χ2v) is 5.83. The van der Waals surface area contributed by atoms with E-state index in [4.69, 9.17) is 0 Å². The number of aliphatic hydroxyl groups is 1. The molecule has 1 aromatic carbocycles. The summed E-state index contributed by atoms with van der Waals surface area (Å²) in [6.07, 6.45) is 1.57. The third-order valence-electron chi connectivity index (χ3n) is 3.60. The Morgan fingerprint density at radius 3 is 2.62 bits per heavy atom. The number of allylic oxidation sites excluding steroid dienone is 3.